The van der Waals surface area contributed by atoms with Crippen LogP contribution in [0.4, 0.5) is 0 Å². The Balaban J connectivity index is 1.29. The summed E-state index contributed by atoms with van der Waals surface area (Å²) in [5.41, 5.74) is 11.3. The lowest BCUT2D eigenvalue weighted by atomic mass is 9.95. The number of allylic oxidation sites excluding steroid dienone is 10. The molecule has 2 aromatic rings. The van der Waals surface area contributed by atoms with E-state index in [2.05, 4.69) is 52.0 Å². The quantitative estimate of drug-likeness (QED) is 0.324. The van der Waals surface area contributed by atoms with E-state index in [0.717, 1.165) is 79.1 Å². The number of benzene rings is 2. The molecule has 2 aromatic carbocycles. The van der Waals surface area contributed by atoms with E-state index in [1.165, 1.54) is 0 Å². The zero-order valence-electron chi connectivity index (χ0n) is 29.8. The topological polar surface area (TPSA) is 86.4 Å². The van der Waals surface area contributed by atoms with Crippen LogP contribution in [0.3, 0.4) is 0 Å². The van der Waals surface area contributed by atoms with Gasteiger partial charge in [-0.3, -0.25) is 0 Å². The zero-order chi connectivity index (χ0) is 35.5. The number of rotatable bonds is 4. The highest BCUT2D eigenvalue weighted by Gasteiger charge is 2.37. The number of hydrogen-bond acceptors (Lipinski definition) is 8. The molecule has 0 radical (unpaired) electrons. The van der Waals surface area contributed by atoms with Gasteiger partial charge >= 0.3 is 0 Å². The first-order valence-electron chi connectivity index (χ1n) is 17.8. The van der Waals surface area contributed by atoms with Crippen molar-refractivity contribution in [1.82, 2.24) is 0 Å². The lowest BCUT2D eigenvalue weighted by Crippen LogP contribution is -2.40. The van der Waals surface area contributed by atoms with Gasteiger partial charge in [0.2, 0.25) is 0 Å². The summed E-state index contributed by atoms with van der Waals surface area (Å²) in [6, 6.07) is 20.5. The average molecular weight is 689 g/mol. The van der Waals surface area contributed by atoms with Crippen LogP contribution in [0, 0.1) is 10.8 Å². The molecule has 2 saturated heterocycles. The first-order chi connectivity index (χ1) is 25.2. The molecule has 52 heavy (non-hydrogen) atoms. The van der Waals surface area contributed by atoms with E-state index in [4.69, 9.17) is 38.9 Å². The maximum Gasteiger partial charge on any atom is 0.188 e. The van der Waals surface area contributed by atoms with Crippen LogP contribution in [0.5, 0.6) is 0 Å². The third-order valence-electron chi connectivity index (χ3n) is 9.79. The minimum absolute atomic E-state index is 0.102. The zero-order valence-corrected chi connectivity index (χ0v) is 29.8. The molecule has 0 unspecified atom stereocenters. The Labute approximate surface area is 304 Å². The Morgan fingerprint density at radius 2 is 0.750 bits per heavy atom. The highest BCUT2D eigenvalue weighted by Crippen LogP contribution is 2.39. The van der Waals surface area contributed by atoms with Gasteiger partial charge < -0.3 is 18.9 Å². The molecule has 0 atom stereocenters. The number of fused-ring (bicyclic) bond motifs is 4. The van der Waals surface area contributed by atoms with E-state index >= 15 is 0 Å². The van der Waals surface area contributed by atoms with Crippen molar-refractivity contribution >= 4 is 34.0 Å². The smallest absolute Gasteiger partial charge is 0.188 e. The summed E-state index contributed by atoms with van der Waals surface area (Å²) >= 11 is 0. The lowest BCUT2D eigenvalue weighted by molar-refractivity contribution is -0.200. The molecule has 7 aliphatic rings. The first-order valence-corrected chi connectivity index (χ1v) is 17.8. The summed E-state index contributed by atoms with van der Waals surface area (Å²) < 4.78 is 25.7. The fraction of sp³-hybridized carbons (Fsp3) is 0.273. The molecule has 7 heterocycles. The molecule has 8 heteroatoms. The second-order valence-corrected chi connectivity index (χ2v) is 15.4. The SMILES string of the molecule is CC1(C)COC(C2=C3C=CC(=N3)C(c3ccccc3)=C3C=CC(=N3)C(C3OCC(C)(C)CO3)=C3C=CC(=N3)C(c3ccccc3)=C3C=CC2=N3)OC1. The van der Waals surface area contributed by atoms with Crippen LogP contribution in [0.1, 0.15) is 38.8 Å². The van der Waals surface area contributed by atoms with Crippen LogP contribution >= 0.6 is 0 Å². The number of nitrogens with zero attached hydrogens (tertiary/aromatic N) is 4. The van der Waals surface area contributed by atoms with E-state index < -0.39 is 12.6 Å². The predicted molar refractivity (Wildman–Crippen MR) is 206 cm³/mol. The molecule has 0 N–H and O–H groups in total. The van der Waals surface area contributed by atoms with E-state index in [1.54, 1.807) is 0 Å². The van der Waals surface area contributed by atoms with Gasteiger partial charge in [0, 0.05) is 22.0 Å². The Kier molecular flexibility index (Phi) is 8.08. The molecule has 2 fully saturated rings. The van der Waals surface area contributed by atoms with Crippen molar-refractivity contribution in [1.29, 1.82) is 0 Å². The highest BCUT2D eigenvalue weighted by atomic mass is 16.7. The molecule has 0 spiro atoms. The van der Waals surface area contributed by atoms with Crippen LogP contribution in [0.25, 0.3) is 11.1 Å². The Morgan fingerprint density at radius 3 is 1.13 bits per heavy atom. The summed E-state index contributed by atoms with van der Waals surface area (Å²) in [5.74, 6) is 0. The fourth-order valence-electron chi connectivity index (χ4n) is 7.13. The molecule has 0 aliphatic carbocycles. The van der Waals surface area contributed by atoms with Gasteiger partial charge in [0.15, 0.2) is 12.6 Å². The summed E-state index contributed by atoms with van der Waals surface area (Å²) in [6.07, 6.45) is 15.1. The largest absolute Gasteiger partial charge is 0.348 e. The third kappa shape index (κ3) is 6.11. The minimum atomic E-state index is -0.636. The lowest BCUT2D eigenvalue weighted by Gasteiger charge is -2.35. The second kappa shape index (κ2) is 12.8. The molecule has 7 aliphatic heterocycles. The second-order valence-electron chi connectivity index (χ2n) is 15.4. The summed E-state index contributed by atoms with van der Waals surface area (Å²) in [5, 5.41) is 0. The van der Waals surface area contributed by atoms with E-state index in [0.29, 0.717) is 26.4 Å². The standard InChI is InChI=1S/C44H40N4O4/c1-43(2)23-49-41(50-24-43)39-33-19-15-29(45-33)37(27-11-7-5-8-12-27)31-17-21-35(47-31)40(42-51-25-44(3,4)26-52-42)36-22-18-32(48-36)38(28-13-9-6-10-14-28)30-16-20-34(39)46-30/h5-22,41-42H,23-26H2,1-4H3. The van der Waals surface area contributed by atoms with Gasteiger partial charge in [0.1, 0.15) is 0 Å². The highest BCUT2D eigenvalue weighted by molar-refractivity contribution is 6.34. The van der Waals surface area contributed by atoms with E-state index in [1.807, 2.05) is 85.0 Å². The maximum atomic E-state index is 6.42. The van der Waals surface area contributed by atoms with Crippen molar-refractivity contribution in [3.05, 3.63) is 154 Å². The van der Waals surface area contributed by atoms with Crippen molar-refractivity contribution < 1.29 is 18.9 Å². The van der Waals surface area contributed by atoms with E-state index in [-0.39, 0.29) is 10.8 Å². The number of hydrogen-bond donors (Lipinski definition) is 0. The average Bonchev–Trinajstić information content (AvgIpc) is 3.98. The van der Waals surface area contributed by atoms with Crippen molar-refractivity contribution in [2.24, 2.45) is 30.8 Å². The Hall–Kier alpha value is -5.12. The van der Waals surface area contributed by atoms with Crippen LogP contribution in [-0.4, -0.2) is 61.9 Å². The third-order valence-corrected chi connectivity index (χ3v) is 9.79. The van der Waals surface area contributed by atoms with Gasteiger partial charge in [-0.25, -0.2) is 20.0 Å². The first kappa shape index (κ1) is 32.8. The summed E-state index contributed by atoms with van der Waals surface area (Å²) in [6.45, 7) is 10.8. The minimum Gasteiger partial charge on any atom is -0.348 e. The molecule has 0 saturated carbocycles. The summed E-state index contributed by atoms with van der Waals surface area (Å²) in [4.78, 5) is 21.1. The monoisotopic (exact) mass is 688 g/mol. The van der Waals surface area contributed by atoms with Crippen molar-refractivity contribution in [2.75, 3.05) is 26.4 Å². The molecular weight excluding hydrogens is 649 g/mol. The molecule has 8 bridgehead atoms. The molecule has 8 nitrogen and oxygen atoms in total. The van der Waals surface area contributed by atoms with Gasteiger partial charge in [-0.15, -0.1) is 0 Å². The van der Waals surface area contributed by atoms with E-state index in [9.17, 15) is 0 Å². The van der Waals surface area contributed by atoms with Crippen LogP contribution in [0.2, 0.25) is 0 Å². The van der Waals surface area contributed by atoms with Crippen LogP contribution in [-0.2, 0) is 18.9 Å². The van der Waals surface area contributed by atoms with Crippen molar-refractivity contribution in [3.8, 4) is 0 Å². The molecule has 0 aromatic heterocycles. The Morgan fingerprint density at radius 1 is 0.423 bits per heavy atom. The summed E-state index contributed by atoms with van der Waals surface area (Å²) in [7, 11) is 0. The fourth-order valence-corrected chi connectivity index (χ4v) is 7.13. The number of aliphatic imine (C=N–C) groups is 4. The molecule has 0 amide bonds. The molecular formula is C44H40N4O4. The van der Waals surface area contributed by atoms with Gasteiger partial charge in [-0.2, -0.15) is 0 Å². The molecule has 260 valence electrons. The molecule has 9 rings (SSSR count). The van der Waals surface area contributed by atoms with Crippen LogP contribution in [0.15, 0.2) is 163 Å². The van der Waals surface area contributed by atoms with Crippen molar-refractivity contribution in [2.45, 2.75) is 40.3 Å². The predicted octanol–water partition coefficient (Wildman–Crippen LogP) is 8.17. The Bertz CT molecular complexity index is 2060. The van der Waals surface area contributed by atoms with Gasteiger partial charge in [-0.1, -0.05) is 88.4 Å². The van der Waals surface area contributed by atoms with Crippen LogP contribution < -0.4 is 0 Å². The van der Waals surface area contributed by atoms with Gasteiger partial charge in [-0.05, 0) is 59.7 Å². The maximum absolute atomic E-state index is 6.42. The normalized spacial score (nSPS) is 23.9. The van der Waals surface area contributed by atoms with Gasteiger partial charge in [0.25, 0.3) is 0 Å². The van der Waals surface area contributed by atoms with Gasteiger partial charge in [0.05, 0.1) is 83.2 Å². The number of ether oxygens (including phenoxy) is 4. The van der Waals surface area contributed by atoms with Crippen molar-refractivity contribution in [3.63, 3.8) is 0 Å².